The van der Waals surface area contributed by atoms with Gasteiger partial charge in [0.15, 0.2) is 0 Å². The van der Waals surface area contributed by atoms with Crippen LogP contribution in [0, 0.1) is 0 Å². The van der Waals surface area contributed by atoms with E-state index in [0.717, 1.165) is 25.7 Å². The van der Waals surface area contributed by atoms with Gasteiger partial charge in [0.25, 0.3) is 5.25 Å². The number of hydrogen-bond donors (Lipinski definition) is 2. The highest BCUT2D eigenvalue weighted by molar-refractivity contribution is 6.30. The molecule has 0 aromatic rings. The molecule has 2 N–H and O–H groups in total. The molecule has 0 fully saturated rings. The second-order valence-electron chi connectivity index (χ2n) is 2.95. The van der Waals surface area contributed by atoms with Gasteiger partial charge in [-0.25, -0.2) is 0 Å². The number of unbranched alkanes of at least 4 members (excludes halogenated alkanes) is 3. The van der Waals surface area contributed by atoms with Gasteiger partial charge in [-0.2, -0.15) is 0 Å². The maximum Gasteiger partial charge on any atom is 0.260 e. The van der Waals surface area contributed by atoms with Crippen molar-refractivity contribution >= 4 is 23.2 Å². The van der Waals surface area contributed by atoms with Crippen LogP contribution in [-0.2, 0) is 0 Å². The third-order valence-corrected chi connectivity index (χ3v) is 2.61. The zero-order valence-corrected chi connectivity index (χ0v) is 8.78. The predicted molar refractivity (Wildman–Crippen MR) is 51.4 cm³/mol. The molecule has 0 aromatic carbocycles. The summed E-state index contributed by atoms with van der Waals surface area (Å²) in [5.74, 6) is 0. The molecular formula is C8H16Cl2O2. The maximum absolute atomic E-state index is 8.83. The number of halogens is 2. The highest BCUT2D eigenvalue weighted by Gasteiger charge is 2.29. The van der Waals surface area contributed by atoms with Crippen molar-refractivity contribution in [3.05, 3.63) is 0 Å². The van der Waals surface area contributed by atoms with E-state index in [1.165, 1.54) is 0 Å². The third kappa shape index (κ3) is 6.06. The fourth-order valence-electron chi connectivity index (χ4n) is 0.934. The SMILES string of the molecule is CCCCCCC(Cl)C(O)(O)Cl. The monoisotopic (exact) mass is 214 g/mol. The van der Waals surface area contributed by atoms with Crippen LogP contribution in [-0.4, -0.2) is 20.8 Å². The van der Waals surface area contributed by atoms with E-state index in [-0.39, 0.29) is 0 Å². The summed E-state index contributed by atoms with van der Waals surface area (Å²) >= 11 is 10.8. The van der Waals surface area contributed by atoms with Gasteiger partial charge in [0.05, 0.1) is 0 Å². The van der Waals surface area contributed by atoms with Crippen LogP contribution in [0.15, 0.2) is 0 Å². The molecule has 0 saturated heterocycles. The Labute approximate surface area is 83.5 Å². The lowest BCUT2D eigenvalue weighted by Gasteiger charge is -2.19. The summed E-state index contributed by atoms with van der Waals surface area (Å²) in [4.78, 5) is 0. The van der Waals surface area contributed by atoms with Crippen molar-refractivity contribution in [1.29, 1.82) is 0 Å². The van der Waals surface area contributed by atoms with E-state index in [9.17, 15) is 0 Å². The lowest BCUT2D eigenvalue weighted by Crippen LogP contribution is -2.31. The molecule has 1 atom stereocenters. The zero-order valence-electron chi connectivity index (χ0n) is 7.26. The fraction of sp³-hybridized carbons (Fsp3) is 1.00. The summed E-state index contributed by atoms with van der Waals surface area (Å²) in [5, 5.41) is 14.6. The van der Waals surface area contributed by atoms with E-state index < -0.39 is 10.6 Å². The van der Waals surface area contributed by atoms with E-state index in [1.54, 1.807) is 0 Å². The largest absolute Gasteiger partial charge is 0.352 e. The summed E-state index contributed by atoms with van der Waals surface area (Å²) in [5.41, 5.74) is 0. The van der Waals surface area contributed by atoms with Crippen LogP contribution in [0.25, 0.3) is 0 Å². The fourth-order valence-corrected chi connectivity index (χ4v) is 1.20. The molecule has 2 nitrogen and oxygen atoms in total. The van der Waals surface area contributed by atoms with Crippen LogP contribution in [0.5, 0.6) is 0 Å². The third-order valence-electron chi connectivity index (χ3n) is 1.71. The predicted octanol–water partition coefficient (Wildman–Crippen LogP) is 2.44. The first kappa shape index (κ1) is 12.5. The molecule has 0 heterocycles. The average Bonchev–Trinajstić information content (AvgIpc) is 1.96. The first-order valence-corrected chi connectivity index (χ1v) is 5.07. The topological polar surface area (TPSA) is 40.5 Å². The molecule has 0 aromatic heterocycles. The Morgan fingerprint density at radius 3 is 2.25 bits per heavy atom. The molecule has 1 unspecified atom stereocenters. The molecule has 0 saturated carbocycles. The molecule has 0 aliphatic carbocycles. The minimum absolute atomic E-state index is 0.540. The summed E-state index contributed by atoms with van der Waals surface area (Å²) < 4.78 is 0. The van der Waals surface area contributed by atoms with Gasteiger partial charge in [-0.15, -0.1) is 11.6 Å². The van der Waals surface area contributed by atoms with Gasteiger partial charge in [0.2, 0.25) is 0 Å². The van der Waals surface area contributed by atoms with Gasteiger partial charge in [0.1, 0.15) is 5.38 Å². The summed E-state index contributed by atoms with van der Waals surface area (Å²) in [6, 6.07) is 0. The van der Waals surface area contributed by atoms with Gasteiger partial charge in [-0.3, -0.25) is 0 Å². The Morgan fingerprint density at radius 1 is 1.25 bits per heavy atom. The quantitative estimate of drug-likeness (QED) is 0.406. The van der Waals surface area contributed by atoms with Crippen LogP contribution < -0.4 is 0 Å². The van der Waals surface area contributed by atoms with E-state index in [4.69, 9.17) is 33.4 Å². The molecule has 0 amide bonds. The minimum Gasteiger partial charge on any atom is -0.352 e. The van der Waals surface area contributed by atoms with Crippen LogP contribution in [0.4, 0.5) is 0 Å². The second kappa shape index (κ2) is 6.03. The first-order chi connectivity index (χ1) is 5.48. The van der Waals surface area contributed by atoms with Crippen LogP contribution >= 0.6 is 23.2 Å². The van der Waals surface area contributed by atoms with Gasteiger partial charge in [-0.05, 0) is 6.42 Å². The maximum atomic E-state index is 8.83. The van der Waals surface area contributed by atoms with E-state index in [0.29, 0.717) is 6.42 Å². The Kier molecular flexibility index (Phi) is 6.28. The molecule has 12 heavy (non-hydrogen) atoms. The molecule has 74 valence electrons. The Bertz CT molecular complexity index is 112. The molecule has 0 spiro atoms. The molecule has 0 aliphatic rings. The Hall–Kier alpha value is 0.500. The molecule has 0 radical (unpaired) electrons. The molecular weight excluding hydrogens is 199 g/mol. The number of alkyl halides is 2. The lowest BCUT2D eigenvalue weighted by molar-refractivity contribution is -0.0872. The summed E-state index contributed by atoms with van der Waals surface area (Å²) in [6.45, 7) is 2.11. The number of hydrogen-bond acceptors (Lipinski definition) is 2. The highest BCUT2D eigenvalue weighted by atomic mass is 35.5. The lowest BCUT2D eigenvalue weighted by atomic mass is 10.1. The molecule has 0 rings (SSSR count). The molecule has 0 bridgehead atoms. The van der Waals surface area contributed by atoms with Gasteiger partial charge >= 0.3 is 0 Å². The Balaban J connectivity index is 3.38. The van der Waals surface area contributed by atoms with Crippen molar-refractivity contribution in [2.45, 2.75) is 49.7 Å². The van der Waals surface area contributed by atoms with Crippen molar-refractivity contribution in [3.63, 3.8) is 0 Å². The van der Waals surface area contributed by atoms with E-state index >= 15 is 0 Å². The van der Waals surface area contributed by atoms with Crippen molar-refractivity contribution in [1.82, 2.24) is 0 Å². The van der Waals surface area contributed by atoms with Crippen LogP contribution in [0.3, 0.4) is 0 Å². The molecule has 4 heteroatoms. The average molecular weight is 215 g/mol. The summed E-state index contributed by atoms with van der Waals surface area (Å²) in [7, 11) is 0. The van der Waals surface area contributed by atoms with Gasteiger partial charge in [0, 0.05) is 0 Å². The second-order valence-corrected chi connectivity index (χ2v) is 4.04. The molecule has 0 aliphatic heterocycles. The number of rotatable bonds is 6. The normalized spacial score (nSPS) is 14.8. The van der Waals surface area contributed by atoms with E-state index in [1.807, 2.05) is 0 Å². The van der Waals surface area contributed by atoms with Gasteiger partial charge < -0.3 is 10.2 Å². The zero-order chi connectivity index (χ0) is 9.61. The van der Waals surface area contributed by atoms with Crippen molar-refractivity contribution < 1.29 is 10.2 Å². The van der Waals surface area contributed by atoms with Crippen molar-refractivity contribution in [2.75, 3.05) is 0 Å². The Morgan fingerprint density at radius 2 is 1.83 bits per heavy atom. The standard InChI is InChI=1S/C8H16Cl2O2/c1-2-3-4-5-6-7(9)8(10,11)12/h7,11-12H,2-6H2,1H3. The van der Waals surface area contributed by atoms with Crippen molar-refractivity contribution in [3.8, 4) is 0 Å². The van der Waals surface area contributed by atoms with Crippen LogP contribution in [0.2, 0.25) is 0 Å². The first-order valence-electron chi connectivity index (χ1n) is 4.26. The highest BCUT2D eigenvalue weighted by Crippen LogP contribution is 2.23. The van der Waals surface area contributed by atoms with Crippen molar-refractivity contribution in [2.24, 2.45) is 0 Å². The van der Waals surface area contributed by atoms with E-state index in [2.05, 4.69) is 6.92 Å². The summed E-state index contributed by atoms with van der Waals surface area (Å²) in [6.07, 6.45) is 4.79. The van der Waals surface area contributed by atoms with Crippen LogP contribution in [0.1, 0.15) is 39.0 Å². The smallest absolute Gasteiger partial charge is 0.260 e. The number of aliphatic hydroxyl groups is 2. The van der Waals surface area contributed by atoms with Gasteiger partial charge in [-0.1, -0.05) is 44.2 Å². The minimum atomic E-state index is -2.26.